The van der Waals surface area contributed by atoms with Crippen molar-refractivity contribution in [2.45, 2.75) is 21.5 Å². The lowest BCUT2D eigenvalue weighted by Crippen LogP contribution is -2.17. The molecule has 2 aromatic rings. The highest BCUT2D eigenvalue weighted by Crippen LogP contribution is 2.28. The summed E-state index contributed by atoms with van der Waals surface area (Å²) in [7, 11) is 0. The van der Waals surface area contributed by atoms with E-state index in [9.17, 15) is 9.90 Å². The van der Waals surface area contributed by atoms with Crippen LogP contribution in [0.4, 0.5) is 0 Å². The molecule has 1 N–H and O–H groups in total. The predicted octanol–water partition coefficient (Wildman–Crippen LogP) is 4.41. The van der Waals surface area contributed by atoms with Gasteiger partial charge in [-0.3, -0.25) is 4.79 Å². The zero-order chi connectivity index (χ0) is 14.2. The minimum absolute atomic E-state index is 0.395. The zero-order valence-corrected chi connectivity index (χ0v) is 12.6. The van der Waals surface area contributed by atoms with E-state index in [1.54, 1.807) is 11.8 Å². The van der Waals surface area contributed by atoms with Crippen LogP contribution in [0.5, 0.6) is 0 Å². The Morgan fingerprint density at radius 3 is 2.05 bits per heavy atom. The summed E-state index contributed by atoms with van der Waals surface area (Å²) in [4.78, 5) is 13.5. The van der Waals surface area contributed by atoms with Gasteiger partial charge in [0.15, 0.2) is 0 Å². The third kappa shape index (κ3) is 4.94. The van der Waals surface area contributed by atoms with E-state index < -0.39 is 11.2 Å². The summed E-state index contributed by atoms with van der Waals surface area (Å²) in [5.74, 6) is 0.0633. The number of hydrogen-bond donors (Lipinski definition) is 1. The molecule has 0 heterocycles. The van der Waals surface area contributed by atoms with E-state index in [0.29, 0.717) is 6.42 Å². The highest BCUT2D eigenvalue weighted by molar-refractivity contribution is 8.01. The molecule has 1 atom stereocenters. The Bertz CT molecular complexity index is 529. The minimum atomic E-state index is -0.743. The van der Waals surface area contributed by atoms with Crippen LogP contribution in [-0.2, 0) is 4.79 Å². The fraction of sp³-hybridized carbons (Fsp3) is 0.188. The second kappa shape index (κ2) is 8.02. The van der Waals surface area contributed by atoms with E-state index in [-0.39, 0.29) is 0 Å². The smallest absolute Gasteiger partial charge is 0.317 e. The van der Waals surface area contributed by atoms with Gasteiger partial charge >= 0.3 is 5.97 Å². The van der Waals surface area contributed by atoms with Crippen molar-refractivity contribution in [3.05, 3.63) is 60.7 Å². The van der Waals surface area contributed by atoms with E-state index in [0.717, 1.165) is 10.6 Å². The molecule has 4 heteroatoms. The van der Waals surface area contributed by atoms with Crippen molar-refractivity contribution in [1.29, 1.82) is 0 Å². The van der Waals surface area contributed by atoms with Crippen molar-refractivity contribution in [3.8, 4) is 0 Å². The van der Waals surface area contributed by atoms with E-state index >= 15 is 0 Å². The molecule has 2 rings (SSSR count). The molecule has 0 fully saturated rings. The number of thioether (sulfide) groups is 2. The van der Waals surface area contributed by atoms with Crippen LogP contribution < -0.4 is 0 Å². The average molecular weight is 304 g/mol. The number of carbonyl (C=O) groups is 1. The van der Waals surface area contributed by atoms with Gasteiger partial charge < -0.3 is 5.11 Å². The van der Waals surface area contributed by atoms with Gasteiger partial charge in [0.05, 0.1) is 0 Å². The molecule has 0 aliphatic heterocycles. The Labute approximate surface area is 127 Å². The number of rotatable bonds is 7. The SMILES string of the molecule is O=C(O)C(CCSc1ccccc1)Sc1ccccc1. The molecule has 20 heavy (non-hydrogen) atoms. The van der Waals surface area contributed by atoms with Crippen molar-refractivity contribution in [2.75, 3.05) is 5.75 Å². The summed E-state index contributed by atoms with van der Waals surface area (Å²) in [6.07, 6.45) is 0.647. The molecule has 0 aliphatic carbocycles. The maximum absolute atomic E-state index is 11.3. The second-order valence-corrected chi connectivity index (χ2v) is 6.65. The van der Waals surface area contributed by atoms with Crippen molar-refractivity contribution >= 4 is 29.5 Å². The molecule has 0 amide bonds. The second-order valence-electron chi connectivity index (χ2n) is 4.21. The van der Waals surface area contributed by atoms with Crippen LogP contribution in [0.3, 0.4) is 0 Å². The molecule has 0 spiro atoms. The highest BCUT2D eigenvalue weighted by Gasteiger charge is 2.18. The number of carboxylic acid groups (broad SMARTS) is 1. The number of carboxylic acids is 1. The summed E-state index contributed by atoms with van der Waals surface area (Å²) in [6.45, 7) is 0. The summed E-state index contributed by atoms with van der Waals surface area (Å²) >= 11 is 3.12. The Morgan fingerprint density at radius 1 is 0.950 bits per heavy atom. The molecular weight excluding hydrogens is 288 g/mol. The summed E-state index contributed by atoms with van der Waals surface area (Å²) in [5.41, 5.74) is 0. The first kappa shape index (κ1) is 15.0. The van der Waals surface area contributed by atoms with Crippen molar-refractivity contribution in [2.24, 2.45) is 0 Å². The van der Waals surface area contributed by atoms with Crippen LogP contribution >= 0.6 is 23.5 Å². The van der Waals surface area contributed by atoms with Gasteiger partial charge in [-0.25, -0.2) is 0 Å². The molecule has 0 radical (unpaired) electrons. The molecule has 0 bridgehead atoms. The lowest BCUT2D eigenvalue weighted by atomic mass is 10.3. The Kier molecular flexibility index (Phi) is 6.02. The van der Waals surface area contributed by atoms with Gasteiger partial charge in [0.2, 0.25) is 0 Å². The minimum Gasteiger partial charge on any atom is -0.480 e. The van der Waals surface area contributed by atoms with Gasteiger partial charge in [-0.05, 0) is 36.4 Å². The van der Waals surface area contributed by atoms with E-state index in [1.807, 2.05) is 60.7 Å². The number of aliphatic carboxylic acids is 1. The molecule has 2 nitrogen and oxygen atoms in total. The maximum Gasteiger partial charge on any atom is 0.317 e. The third-order valence-electron chi connectivity index (χ3n) is 2.69. The van der Waals surface area contributed by atoms with Crippen LogP contribution in [0.25, 0.3) is 0 Å². The van der Waals surface area contributed by atoms with Gasteiger partial charge in [-0.15, -0.1) is 23.5 Å². The van der Waals surface area contributed by atoms with Crippen LogP contribution in [0.2, 0.25) is 0 Å². The van der Waals surface area contributed by atoms with Gasteiger partial charge in [0.25, 0.3) is 0 Å². The van der Waals surface area contributed by atoms with Gasteiger partial charge in [0.1, 0.15) is 5.25 Å². The Morgan fingerprint density at radius 2 is 1.50 bits per heavy atom. The molecule has 104 valence electrons. The molecule has 0 aromatic heterocycles. The summed E-state index contributed by atoms with van der Waals surface area (Å²) in [5, 5.41) is 8.91. The van der Waals surface area contributed by atoms with Crippen LogP contribution in [0.15, 0.2) is 70.5 Å². The zero-order valence-electron chi connectivity index (χ0n) is 10.9. The monoisotopic (exact) mass is 304 g/mol. The fourth-order valence-electron chi connectivity index (χ4n) is 1.70. The third-order valence-corrected chi connectivity index (χ3v) is 5.00. The highest BCUT2D eigenvalue weighted by atomic mass is 32.2. The predicted molar refractivity (Wildman–Crippen MR) is 85.5 cm³/mol. The van der Waals surface area contributed by atoms with E-state index in [4.69, 9.17) is 0 Å². The lowest BCUT2D eigenvalue weighted by Gasteiger charge is -2.11. The molecule has 0 aliphatic rings. The molecular formula is C16H16O2S2. The Balaban J connectivity index is 1.85. The Hall–Kier alpha value is -1.39. The van der Waals surface area contributed by atoms with Crippen molar-refractivity contribution < 1.29 is 9.90 Å². The van der Waals surface area contributed by atoms with Crippen molar-refractivity contribution in [3.63, 3.8) is 0 Å². The van der Waals surface area contributed by atoms with E-state index in [2.05, 4.69) is 0 Å². The van der Waals surface area contributed by atoms with Crippen molar-refractivity contribution in [1.82, 2.24) is 0 Å². The maximum atomic E-state index is 11.3. The molecule has 1 unspecified atom stereocenters. The first-order valence-electron chi connectivity index (χ1n) is 6.38. The first-order chi connectivity index (χ1) is 9.75. The molecule has 2 aromatic carbocycles. The number of hydrogen-bond acceptors (Lipinski definition) is 3. The fourth-order valence-corrected chi connectivity index (χ4v) is 3.76. The number of benzene rings is 2. The average Bonchev–Trinajstić information content (AvgIpc) is 2.48. The standard InChI is InChI=1S/C16H16O2S2/c17-16(18)15(20-14-9-5-2-6-10-14)11-12-19-13-7-3-1-4-8-13/h1-10,15H,11-12H2,(H,17,18). The van der Waals surface area contributed by atoms with E-state index in [1.165, 1.54) is 16.7 Å². The van der Waals surface area contributed by atoms with Crippen LogP contribution in [0, 0.1) is 0 Å². The van der Waals surface area contributed by atoms with Gasteiger partial charge in [-0.1, -0.05) is 36.4 Å². The summed E-state index contributed by atoms with van der Waals surface area (Å²) in [6, 6.07) is 19.8. The normalized spacial score (nSPS) is 12.0. The molecule has 0 saturated carbocycles. The largest absolute Gasteiger partial charge is 0.480 e. The summed E-state index contributed by atoms with van der Waals surface area (Å²) < 4.78 is 0. The van der Waals surface area contributed by atoms with Gasteiger partial charge in [0, 0.05) is 9.79 Å². The quantitative estimate of drug-likeness (QED) is 0.769. The topological polar surface area (TPSA) is 37.3 Å². The first-order valence-corrected chi connectivity index (χ1v) is 8.24. The van der Waals surface area contributed by atoms with Gasteiger partial charge in [-0.2, -0.15) is 0 Å². The van der Waals surface area contributed by atoms with Crippen LogP contribution in [0.1, 0.15) is 6.42 Å². The van der Waals surface area contributed by atoms with Crippen LogP contribution in [-0.4, -0.2) is 22.1 Å². The lowest BCUT2D eigenvalue weighted by molar-refractivity contribution is -0.136. The molecule has 0 saturated heterocycles.